The van der Waals surface area contributed by atoms with Gasteiger partial charge < -0.3 is 5.32 Å². The van der Waals surface area contributed by atoms with E-state index >= 15 is 0 Å². The van der Waals surface area contributed by atoms with E-state index in [1.165, 1.54) is 4.68 Å². The predicted octanol–water partition coefficient (Wildman–Crippen LogP) is 4.04. The monoisotopic (exact) mass is 409 g/mol. The van der Waals surface area contributed by atoms with Crippen LogP contribution < -0.4 is 10.9 Å². The van der Waals surface area contributed by atoms with Gasteiger partial charge in [0.05, 0.1) is 17.4 Å². The molecule has 1 aromatic carbocycles. The van der Waals surface area contributed by atoms with Gasteiger partial charge in [-0.3, -0.25) is 14.3 Å². The van der Waals surface area contributed by atoms with Crippen LogP contribution >= 0.6 is 0 Å². The molecule has 0 bridgehead atoms. The molecule has 0 unspecified atom stereocenters. The van der Waals surface area contributed by atoms with E-state index in [1.807, 2.05) is 67.5 Å². The fourth-order valence-electron chi connectivity index (χ4n) is 3.83. The van der Waals surface area contributed by atoms with Crippen LogP contribution in [0.25, 0.3) is 10.9 Å². The fourth-order valence-corrected chi connectivity index (χ4v) is 3.83. The summed E-state index contributed by atoms with van der Waals surface area (Å²) in [6, 6.07) is 4.05. The number of carbonyl (C=O) groups excluding carboxylic acids is 1. The van der Waals surface area contributed by atoms with Crippen molar-refractivity contribution in [3.8, 4) is 0 Å². The Balaban J connectivity index is 2.05. The average molecular weight is 410 g/mol. The number of carbonyl (C=O) groups is 1. The third-order valence-corrected chi connectivity index (χ3v) is 5.13. The van der Waals surface area contributed by atoms with Crippen LogP contribution in [0, 0.1) is 20.8 Å². The lowest BCUT2D eigenvalue weighted by atomic mass is 10.1. The molecule has 7 nitrogen and oxygen atoms in total. The molecule has 0 saturated heterocycles. The number of nitrogens with zero attached hydrogens (tertiary/aromatic N) is 4. The zero-order chi connectivity index (χ0) is 22.4. The topological polar surface area (TPSA) is 81.8 Å². The molecule has 3 aromatic rings. The standard InChI is InChI=1S/C23H31N5O2/c1-13(2)19-17-11-24-28(23(6,7)8)21(17)22(30)27(26-19)12-18(29)25-20-15(4)9-14(3)10-16(20)5/h9-11,13H,12H2,1-8H3,(H,25,29). The zero-order valence-electron chi connectivity index (χ0n) is 19.1. The molecule has 0 atom stereocenters. The highest BCUT2D eigenvalue weighted by Gasteiger charge is 2.24. The van der Waals surface area contributed by atoms with E-state index in [2.05, 4.69) is 15.5 Å². The van der Waals surface area contributed by atoms with Crippen molar-refractivity contribution in [2.24, 2.45) is 0 Å². The normalized spacial score (nSPS) is 12.0. The molecule has 1 N–H and O–H groups in total. The largest absolute Gasteiger partial charge is 0.324 e. The molecule has 0 radical (unpaired) electrons. The van der Waals surface area contributed by atoms with Gasteiger partial charge in [0.15, 0.2) is 0 Å². The number of anilines is 1. The summed E-state index contributed by atoms with van der Waals surface area (Å²) in [5.41, 5.74) is 4.47. The van der Waals surface area contributed by atoms with Crippen molar-refractivity contribution < 1.29 is 4.79 Å². The highest BCUT2D eigenvalue weighted by atomic mass is 16.2. The summed E-state index contributed by atoms with van der Waals surface area (Å²) in [4.78, 5) is 26.1. The SMILES string of the molecule is Cc1cc(C)c(NC(=O)Cn2nc(C(C)C)c3cnn(C(C)(C)C)c3c2=O)c(C)c1. The molecule has 0 aliphatic rings. The summed E-state index contributed by atoms with van der Waals surface area (Å²) >= 11 is 0. The Bertz CT molecular complexity index is 1160. The van der Waals surface area contributed by atoms with Crippen molar-refractivity contribution >= 4 is 22.5 Å². The van der Waals surface area contributed by atoms with Crippen LogP contribution in [-0.2, 0) is 16.9 Å². The highest BCUT2D eigenvalue weighted by molar-refractivity contribution is 5.92. The van der Waals surface area contributed by atoms with Gasteiger partial charge >= 0.3 is 0 Å². The minimum Gasteiger partial charge on any atom is -0.324 e. The average Bonchev–Trinajstić information content (AvgIpc) is 3.06. The Labute approximate surface area is 177 Å². The number of aromatic nitrogens is 4. The Hall–Kier alpha value is -2.96. The van der Waals surface area contributed by atoms with E-state index in [9.17, 15) is 9.59 Å². The minimum absolute atomic E-state index is 0.0848. The fraction of sp³-hybridized carbons (Fsp3) is 0.478. The summed E-state index contributed by atoms with van der Waals surface area (Å²) in [6.45, 7) is 15.8. The first-order valence-electron chi connectivity index (χ1n) is 10.3. The molecule has 2 aromatic heterocycles. The molecule has 0 fully saturated rings. The second-order valence-electron chi connectivity index (χ2n) is 9.31. The number of rotatable bonds is 4. The second kappa shape index (κ2) is 7.70. The third-order valence-electron chi connectivity index (χ3n) is 5.13. The van der Waals surface area contributed by atoms with E-state index in [0.29, 0.717) is 5.52 Å². The molecule has 7 heteroatoms. The molecule has 30 heavy (non-hydrogen) atoms. The van der Waals surface area contributed by atoms with Gasteiger partial charge in [-0.1, -0.05) is 31.5 Å². The first kappa shape index (κ1) is 21.7. The van der Waals surface area contributed by atoms with Gasteiger partial charge in [0.2, 0.25) is 5.91 Å². The molecule has 1 amide bonds. The number of benzene rings is 1. The van der Waals surface area contributed by atoms with Crippen molar-refractivity contribution in [2.45, 2.75) is 73.4 Å². The van der Waals surface area contributed by atoms with Crippen molar-refractivity contribution in [1.29, 1.82) is 0 Å². The van der Waals surface area contributed by atoms with E-state index in [0.717, 1.165) is 33.5 Å². The van der Waals surface area contributed by atoms with Crippen molar-refractivity contribution in [3.05, 3.63) is 51.1 Å². The van der Waals surface area contributed by atoms with Gasteiger partial charge in [0.1, 0.15) is 12.1 Å². The highest BCUT2D eigenvalue weighted by Crippen LogP contribution is 2.25. The van der Waals surface area contributed by atoms with E-state index < -0.39 is 0 Å². The first-order chi connectivity index (χ1) is 13.9. The van der Waals surface area contributed by atoms with E-state index in [4.69, 9.17) is 0 Å². The molecule has 2 heterocycles. The maximum atomic E-state index is 13.3. The summed E-state index contributed by atoms with van der Waals surface area (Å²) < 4.78 is 2.98. The lowest BCUT2D eigenvalue weighted by Crippen LogP contribution is -2.34. The number of hydrogen-bond acceptors (Lipinski definition) is 4. The van der Waals surface area contributed by atoms with Crippen LogP contribution in [0.4, 0.5) is 5.69 Å². The van der Waals surface area contributed by atoms with Crippen molar-refractivity contribution in [1.82, 2.24) is 19.6 Å². The smallest absolute Gasteiger partial charge is 0.293 e. The maximum Gasteiger partial charge on any atom is 0.293 e. The lowest BCUT2D eigenvalue weighted by Gasteiger charge is -2.21. The van der Waals surface area contributed by atoms with E-state index in [1.54, 1.807) is 10.9 Å². The third kappa shape index (κ3) is 4.01. The number of fused-ring (bicyclic) bond motifs is 1. The number of aryl methyl sites for hydroxylation is 3. The molecule has 0 saturated carbocycles. The quantitative estimate of drug-likeness (QED) is 0.705. The lowest BCUT2D eigenvalue weighted by molar-refractivity contribution is -0.117. The molecular formula is C23H31N5O2. The Morgan fingerprint density at radius 2 is 1.73 bits per heavy atom. The van der Waals surface area contributed by atoms with Gasteiger partial charge in [-0.2, -0.15) is 10.2 Å². The van der Waals surface area contributed by atoms with Gasteiger partial charge in [0.25, 0.3) is 5.56 Å². The van der Waals surface area contributed by atoms with Crippen LogP contribution in [0.15, 0.2) is 23.1 Å². The first-order valence-corrected chi connectivity index (χ1v) is 10.3. The van der Waals surface area contributed by atoms with Crippen LogP contribution in [0.3, 0.4) is 0 Å². The second-order valence-corrected chi connectivity index (χ2v) is 9.31. The Morgan fingerprint density at radius 1 is 1.13 bits per heavy atom. The zero-order valence-corrected chi connectivity index (χ0v) is 19.1. The summed E-state index contributed by atoms with van der Waals surface area (Å²) in [6.07, 6.45) is 1.70. The molecule has 160 valence electrons. The summed E-state index contributed by atoms with van der Waals surface area (Å²) in [7, 11) is 0. The molecule has 0 aliphatic heterocycles. The number of hydrogen-bond donors (Lipinski definition) is 1. The predicted molar refractivity (Wildman–Crippen MR) is 120 cm³/mol. The maximum absolute atomic E-state index is 13.3. The summed E-state index contributed by atoms with van der Waals surface area (Å²) in [5, 5.41) is 12.7. The van der Waals surface area contributed by atoms with Crippen LogP contribution in [-0.4, -0.2) is 25.5 Å². The molecule has 0 aliphatic carbocycles. The van der Waals surface area contributed by atoms with Crippen LogP contribution in [0.1, 0.15) is 62.9 Å². The molecule has 0 spiro atoms. The van der Waals surface area contributed by atoms with Gasteiger partial charge in [-0.25, -0.2) is 4.68 Å². The van der Waals surface area contributed by atoms with Gasteiger partial charge in [0, 0.05) is 11.1 Å². The minimum atomic E-state index is -0.368. The van der Waals surface area contributed by atoms with Crippen molar-refractivity contribution in [2.75, 3.05) is 5.32 Å². The van der Waals surface area contributed by atoms with Gasteiger partial charge in [-0.05, 0) is 58.6 Å². The molecule has 3 rings (SSSR count). The Kier molecular flexibility index (Phi) is 5.58. The van der Waals surface area contributed by atoms with Crippen LogP contribution in [0.5, 0.6) is 0 Å². The molecular weight excluding hydrogens is 378 g/mol. The summed E-state index contributed by atoms with van der Waals surface area (Å²) in [5.74, 6) is -0.197. The van der Waals surface area contributed by atoms with Crippen molar-refractivity contribution in [3.63, 3.8) is 0 Å². The van der Waals surface area contributed by atoms with E-state index in [-0.39, 0.29) is 29.5 Å². The number of amides is 1. The number of nitrogens with one attached hydrogen (secondary N) is 1. The van der Waals surface area contributed by atoms with Crippen LogP contribution in [0.2, 0.25) is 0 Å². The van der Waals surface area contributed by atoms with Gasteiger partial charge in [-0.15, -0.1) is 0 Å². The Morgan fingerprint density at radius 3 is 2.27 bits per heavy atom.